The highest BCUT2D eigenvalue weighted by Crippen LogP contribution is 2.34. The van der Waals surface area contributed by atoms with E-state index in [1.807, 2.05) is 55.5 Å². The maximum Gasteiger partial charge on any atom is 0.153 e. The quantitative estimate of drug-likeness (QED) is 0.742. The molecule has 0 aliphatic carbocycles. The van der Waals surface area contributed by atoms with E-state index in [1.165, 1.54) is 0 Å². The molecule has 0 saturated heterocycles. The summed E-state index contributed by atoms with van der Waals surface area (Å²) in [6.45, 7) is 1.96. The van der Waals surface area contributed by atoms with Gasteiger partial charge in [-0.15, -0.1) is 0 Å². The van der Waals surface area contributed by atoms with Gasteiger partial charge >= 0.3 is 0 Å². The summed E-state index contributed by atoms with van der Waals surface area (Å²) in [7, 11) is 0. The predicted octanol–water partition coefficient (Wildman–Crippen LogP) is 4.81. The summed E-state index contributed by atoms with van der Waals surface area (Å²) in [4.78, 5) is 4.39. The van der Waals surface area contributed by atoms with Crippen molar-refractivity contribution in [2.45, 2.75) is 13.0 Å². The minimum absolute atomic E-state index is 0.00503. The molecular weight excluding hydrogens is 328 g/mol. The highest BCUT2D eigenvalue weighted by Gasteiger charge is 2.09. The Labute approximate surface area is 131 Å². The van der Waals surface area contributed by atoms with Crippen molar-refractivity contribution in [2.75, 3.05) is 0 Å². The highest BCUT2D eigenvalue weighted by molar-refractivity contribution is 9.10. The third kappa shape index (κ3) is 2.91. The second-order valence-electron chi connectivity index (χ2n) is 4.91. The first-order chi connectivity index (χ1) is 10.1. The molecule has 1 atom stereocenters. The first-order valence-corrected chi connectivity index (χ1v) is 7.51. The van der Waals surface area contributed by atoms with E-state index in [4.69, 9.17) is 10.5 Å². The van der Waals surface area contributed by atoms with E-state index in [9.17, 15) is 0 Å². The molecule has 3 rings (SSSR count). The van der Waals surface area contributed by atoms with Gasteiger partial charge in [0.2, 0.25) is 0 Å². The summed E-state index contributed by atoms with van der Waals surface area (Å²) < 4.78 is 6.89. The van der Waals surface area contributed by atoms with Crippen molar-refractivity contribution < 1.29 is 4.74 Å². The lowest BCUT2D eigenvalue weighted by atomic mass is 10.1. The molecule has 3 nitrogen and oxygen atoms in total. The maximum atomic E-state index is 6.01. The topological polar surface area (TPSA) is 48.1 Å². The molecule has 1 aromatic heterocycles. The van der Waals surface area contributed by atoms with Gasteiger partial charge in [0.1, 0.15) is 11.3 Å². The summed E-state index contributed by atoms with van der Waals surface area (Å²) >= 11 is 3.54. The number of nitrogens with zero attached hydrogens (tertiary/aromatic N) is 1. The molecule has 0 bridgehead atoms. The van der Waals surface area contributed by atoms with Crippen molar-refractivity contribution in [3.63, 3.8) is 0 Å². The Morgan fingerprint density at radius 2 is 1.90 bits per heavy atom. The van der Waals surface area contributed by atoms with Crippen LogP contribution < -0.4 is 10.5 Å². The van der Waals surface area contributed by atoms with E-state index in [2.05, 4.69) is 20.9 Å². The standard InChI is InChI=1S/C17H15BrN2O/c1-11(19)13-7-8-15(14(18)10-13)21-16-6-2-4-12-5-3-9-20-17(12)16/h2-11H,19H2,1H3/t11-/m0/s1. The van der Waals surface area contributed by atoms with Gasteiger partial charge in [0.15, 0.2) is 5.75 Å². The third-order valence-electron chi connectivity index (χ3n) is 3.30. The number of rotatable bonds is 3. The Hall–Kier alpha value is -1.91. The molecule has 106 valence electrons. The number of aromatic nitrogens is 1. The number of para-hydroxylation sites is 1. The molecule has 0 radical (unpaired) electrons. The summed E-state index contributed by atoms with van der Waals surface area (Å²) in [6, 6.07) is 15.7. The first kappa shape index (κ1) is 14.0. The second kappa shape index (κ2) is 5.84. The van der Waals surface area contributed by atoms with Crippen LogP contribution in [-0.4, -0.2) is 4.98 Å². The van der Waals surface area contributed by atoms with Crippen molar-refractivity contribution in [2.24, 2.45) is 5.73 Å². The molecule has 21 heavy (non-hydrogen) atoms. The summed E-state index contributed by atoms with van der Waals surface area (Å²) in [6.07, 6.45) is 1.77. The van der Waals surface area contributed by atoms with Crippen LogP contribution in [0.15, 0.2) is 59.2 Å². The molecule has 3 aromatic rings. The van der Waals surface area contributed by atoms with Crippen LogP contribution in [0.5, 0.6) is 11.5 Å². The second-order valence-corrected chi connectivity index (χ2v) is 5.77. The van der Waals surface area contributed by atoms with E-state index >= 15 is 0 Å². The number of fused-ring (bicyclic) bond motifs is 1. The van der Waals surface area contributed by atoms with Crippen LogP contribution in [0.3, 0.4) is 0 Å². The van der Waals surface area contributed by atoms with Crippen molar-refractivity contribution in [3.8, 4) is 11.5 Å². The SMILES string of the molecule is C[C@H](N)c1ccc(Oc2cccc3cccnc23)c(Br)c1. The van der Waals surface area contributed by atoms with Crippen LogP contribution in [0.4, 0.5) is 0 Å². The average Bonchev–Trinajstić information content (AvgIpc) is 2.49. The molecule has 0 unspecified atom stereocenters. The molecule has 0 fully saturated rings. The predicted molar refractivity (Wildman–Crippen MR) is 88.6 cm³/mol. The van der Waals surface area contributed by atoms with E-state index in [0.29, 0.717) is 0 Å². The zero-order valence-electron chi connectivity index (χ0n) is 11.6. The van der Waals surface area contributed by atoms with Crippen LogP contribution in [0.25, 0.3) is 10.9 Å². The number of pyridine rings is 1. The number of ether oxygens (including phenoxy) is 1. The van der Waals surface area contributed by atoms with Gasteiger partial charge in [-0.1, -0.05) is 24.3 Å². The molecule has 0 saturated carbocycles. The van der Waals surface area contributed by atoms with Crippen LogP contribution in [-0.2, 0) is 0 Å². The Morgan fingerprint density at radius 3 is 2.67 bits per heavy atom. The minimum atomic E-state index is -0.00503. The van der Waals surface area contributed by atoms with Gasteiger partial charge in [-0.25, -0.2) is 0 Å². The fraction of sp³-hybridized carbons (Fsp3) is 0.118. The minimum Gasteiger partial charge on any atom is -0.454 e. The monoisotopic (exact) mass is 342 g/mol. The number of nitrogens with two attached hydrogens (primary N) is 1. The molecular formula is C17H15BrN2O. The number of benzene rings is 2. The molecule has 0 spiro atoms. The van der Waals surface area contributed by atoms with Gasteiger partial charge in [-0.05, 0) is 52.7 Å². The van der Waals surface area contributed by atoms with E-state index in [0.717, 1.165) is 32.4 Å². The van der Waals surface area contributed by atoms with Gasteiger partial charge in [-0.2, -0.15) is 0 Å². The highest BCUT2D eigenvalue weighted by atomic mass is 79.9. The van der Waals surface area contributed by atoms with Gasteiger partial charge in [0.25, 0.3) is 0 Å². The number of hydrogen-bond acceptors (Lipinski definition) is 3. The molecule has 0 aliphatic rings. The van der Waals surface area contributed by atoms with Gasteiger partial charge in [0, 0.05) is 17.6 Å². The summed E-state index contributed by atoms with van der Waals surface area (Å²) in [5, 5.41) is 1.05. The number of hydrogen-bond donors (Lipinski definition) is 1. The van der Waals surface area contributed by atoms with Crippen molar-refractivity contribution in [3.05, 3.63) is 64.8 Å². The zero-order valence-corrected chi connectivity index (χ0v) is 13.2. The lowest BCUT2D eigenvalue weighted by Crippen LogP contribution is -2.04. The summed E-state index contributed by atoms with van der Waals surface area (Å²) in [5.41, 5.74) is 7.80. The zero-order chi connectivity index (χ0) is 14.8. The van der Waals surface area contributed by atoms with E-state index in [-0.39, 0.29) is 6.04 Å². The van der Waals surface area contributed by atoms with Crippen LogP contribution in [0.1, 0.15) is 18.5 Å². The number of halogens is 1. The smallest absolute Gasteiger partial charge is 0.153 e. The van der Waals surface area contributed by atoms with Gasteiger partial charge < -0.3 is 10.5 Å². The third-order valence-corrected chi connectivity index (χ3v) is 3.92. The molecule has 2 N–H and O–H groups in total. The largest absolute Gasteiger partial charge is 0.454 e. The van der Waals surface area contributed by atoms with Crippen LogP contribution >= 0.6 is 15.9 Å². The van der Waals surface area contributed by atoms with E-state index in [1.54, 1.807) is 6.20 Å². The fourth-order valence-electron chi connectivity index (χ4n) is 2.16. The molecule has 0 aliphatic heterocycles. The van der Waals surface area contributed by atoms with Crippen LogP contribution in [0, 0.1) is 0 Å². The van der Waals surface area contributed by atoms with Crippen molar-refractivity contribution >= 4 is 26.8 Å². The molecule has 0 amide bonds. The maximum absolute atomic E-state index is 6.01. The lowest BCUT2D eigenvalue weighted by molar-refractivity contribution is 0.483. The van der Waals surface area contributed by atoms with Crippen molar-refractivity contribution in [1.82, 2.24) is 4.98 Å². The van der Waals surface area contributed by atoms with Crippen LogP contribution in [0.2, 0.25) is 0 Å². The summed E-state index contributed by atoms with van der Waals surface area (Å²) in [5.74, 6) is 1.49. The fourth-order valence-corrected chi connectivity index (χ4v) is 2.64. The first-order valence-electron chi connectivity index (χ1n) is 6.72. The Morgan fingerprint density at radius 1 is 1.10 bits per heavy atom. The molecule has 4 heteroatoms. The van der Waals surface area contributed by atoms with Gasteiger partial charge in [-0.3, -0.25) is 4.98 Å². The Bertz CT molecular complexity index is 781. The average molecular weight is 343 g/mol. The molecule has 2 aromatic carbocycles. The Balaban J connectivity index is 1.99. The van der Waals surface area contributed by atoms with E-state index < -0.39 is 0 Å². The normalized spacial score (nSPS) is 12.3. The molecule has 1 heterocycles. The lowest BCUT2D eigenvalue weighted by Gasteiger charge is -2.12. The van der Waals surface area contributed by atoms with Crippen molar-refractivity contribution in [1.29, 1.82) is 0 Å². The van der Waals surface area contributed by atoms with Gasteiger partial charge in [0.05, 0.1) is 4.47 Å². The Kier molecular flexibility index (Phi) is 3.90.